The third-order valence-corrected chi connectivity index (χ3v) is 5.14. The Morgan fingerprint density at radius 1 is 1.04 bits per heavy atom. The standard InChI is InChI=1S/C21H28N2O2S/c1-14(2)12-17-7-9-18(10-8-17)15(3)22-21(25)13-19(23-16(4)24)20-6-5-11-26-20/h5-11,14-15,19H,12-13H2,1-4H3,(H,22,25)(H,23,24)/t15-,19+/m1/s1. The summed E-state index contributed by atoms with van der Waals surface area (Å²) in [4.78, 5) is 24.9. The molecule has 0 bridgehead atoms. The number of hydrogen-bond donors (Lipinski definition) is 2. The second-order valence-electron chi connectivity index (χ2n) is 7.10. The van der Waals surface area contributed by atoms with Gasteiger partial charge in [0.2, 0.25) is 11.8 Å². The lowest BCUT2D eigenvalue weighted by Gasteiger charge is -2.19. The molecule has 0 saturated heterocycles. The Morgan fingerprint density at radius 3 is 2.27 bits per heavy atom. The summed E-state index contributed by atoms with van der Waals surface area (Å²) >= 11 is 1.54. The first-order chi connectivity index (χ1) is 12.3. The van der Waals surface area contributed by atoms with Gasteiger partial charge >= 0.3 is 0 Å². The molecule has 1 aromatic carbocycles. The molecule has 26 heavy (non-hydrogen) atoms. The van der Waals surface area contributed by atoms with E-state index in [9.17, 15) is 9.59 Å². The van der Waals surface area contributed by atoms with Gasteiger partial charge in [0.05, 0.1) is 18.5 Å². The zero-order chi connectivity index (χ0) is 19.1. The van der Waals surface area contributed by atoms with E-state index in [0.29, 0.717) is 5.92 Å². The van der Waals surface area contributed by atoms with Crippen LogP contribution in [0.2, 0.25) is 0 Å². The summed E-state index contributed by atoms with van der Waals surface area (Å²) in [5.41, 5.74) is 2.39. The van der Waals surface area contributed by atoms with E-state index in [2.05, 4.69) is 48.7 Å². The molecule has 4 nitrogen and oxygen atoms in total. The van der Waals surface area contributed by atoms with Crippen LogP contribution in [0.5, 0.6) is 0 Å². The summed E-state index contributed by atoms with van der Waals surface area (Å²) in [6.07, 6.45) is 1.29. The van der Waals surface area contributed by atoms with Crippen LogP contribution in [0.25, 0.3) is 0 Å². The molecule has 2 rings (SSSR count). The molecule has 0 spiro atoms. The Morgan fingerprint density at radius 2 is 1.73 bits per heavy atom. The largest absolute Gasteiger partial charge is 0.350 e. The molecule has 0 aliphatic heterocycles. The van der Waals surface area contributed by atoms with Gasteiger partial charge in [0, 0.05) is 11.8 Å². The monoisotopic (exact) mass is 372 g/mol. The number of benzene rings is 1. The molecule has 2 atom stereocenters. The number of amides is 2. The summed E-state index contributed by atoms with van der Waals surface area (Å²) in [7, 11) is 0. The van der Waals surface area contributed by atoms with Gasteiger partial charge in [-0.2, -0.15) is 0 Å². The fourth-order valence-electron chi connectivity index (χ4n) is 2.94. The van der Waals surface area contributed by atoms with Crippen molar-refractivity contribution in [2.45, 2.75) is 52.6 Å². The Balaban J connectivity index is 1.95. The van der Waals surface area contributed by atoms with Crippen molar-refractivity contribution in [3.8, 4) is 0 Å². The van der Waals surface area contributed by atoms with Gasteiger partial charge in [-0.15, -0.1) is 11.3 Å². The molecule has 1 aromatic heterocycles. The molecule has 2 N–H and O–H groups in total. The van der Waals surface area contributed by atoms with E-state index in [-0.39, 0.29) is 30.3 Å². The zero-order valence-corrected chi connectivity index (χ0v) is 16.7. The minimum atomic E-state index is -0.284. The highest BCUT2D eigenvalue weighted by Crippen LogP contribution is 2.23. The van der Waals surface area contributed by atoms with Crippen molar-refractivity contribution in [1.29, 1.82) is 0 Å². The third kappa shape index (κ3) is 6.30. The lowest BCUT2D eigenvalue weighted by Crippen LogP contribution is -2.33. The maximum absolute atomic E-state index is 12.5. The molecule has 1 heterocycles. The van der Waals surface area contributed by atoms with Crippen LogP contribution in [0.3, 0.4) is 0 Å². The van der Waals surface area contributed by atoms with Crippen molar-refractivity contribution < 1.29 is 9.59 Å². The molecule has 140 valence electrons. The molecule has 0 aliphatic carbocycles. The first-order valence-electron chi connectivity index (χ1n) is 9.04. The number of thiophene rings is 1. The molecule has 0 radical (unpaired) electrons. The Bertz CT molecular complexity index is 708. The molecule has 2 aromatic rings. The van der Waals surface area contributed by atoms with Crippen LogP contribution in [0, 0.1) is 5.92 Å². The number of carbonyl (C=O) groups is 2. The number of carbonyl (C=O) groups excluding carboxylic acids is 2. The van der Waals surface area contributed by atoms with E-state index >= 15 is 0 Å². The summed E-state index contributed by atoms with van der Waals surface area (Å²) in [6.45, 7) is 7.86. The van der Waals surface area contributed by atoms with Crippen LogP contribution in [-0.4, -0.2) is 11.8 Å². The van der Waals surface area contributed by atoms with Crippen molar-refractivity contribution in [2.75, 3.05) is 0 Å². The smallest absolute Gasteiger partial charge is 0.222 e. The lowest BCUT2D eigenvalue weighted by atomic mass is 10.00. The molecule has 0 aliphatic rings. The minimum Gasteiger partial charge on any atom is -0.350 e. The van der Waals surface area contributed by atoms with Crippen molar-refractivity contribution in [1.82, 2.24) is 10.6 Å². The SMILES string of the molecule is CC(=O)N[C@@H](CC(=O)N[C@H](C)c1ccc(CC(C)C)cc1)c1cccs1. The zero-order valence-electron chi connectivity index (χ0n) is 15.9. The summed E-state index contributed by atoms with van der Waals surface area (Å²) in [5.74, 6) is 0.418. The van der Waals surface area contributed by atoms with Crippen LogP contribution in [0.15, 0.2) is 41.8 Å². The Labute approximate surface area is 160 Å². The number of rotatable bonds is 8. The molecule has 0 unspecified atom stereocenters. The normalized spacial score (nSPS) is 13.3. The fraction of sp³-hybridized carbons (Fsp3) is 0.429. The van der Waals surface area contributed by atoms with Crippen molar-refractivity contribution in [2.24, 2.45) is 5.92 Å². The second-order valence-corrected chi connectivity index (χ2v) is 8.08. The molecule has 0 fully saturated rings. The minimum absolute atomic E-state index is 0.0723. The van der Waals surface area contributed by atoms with E-state index in [1.165, 1.54) is 12.5 Å². The van der Waals surface area contributed by atoms with Gasteiger partial charge in [0.15, 0.2) is 0 Å². The predicted octanol–water partition coefficient (Wildman–Crippen LogP) is 4.39. The third-order valence-electron chi connectivity index (χ3n) is 4.15. The van der Waals surface area contributed by atoms with Crippen LogP contribution in [0.1, 0.15) is 62.2 Å². The number of hydrogen-bond acceptors (Lipinski definition) is 3. The molecule has 5 heteroatoms. The summed E-state index contributed by atoms with van der Waals surface area (Å²) in [5, 5.41) is 7.85. The van der Waals surface area contributed by atoms with Crippen molar-refractivity contribution in [3.63, 3.8) is 0 Å². The number of nitrogens with one attached hydrogen (secondary N) is 2. The highest BCUT2D eigenvalue weighted by molar-refractivity contribution is 7.10. The highest BCUT2D eigenvalue weighted by Gasteiger charge is 2.19. The van der Waals surface area contributed by atoms with Crippen LogP contribution >= 0.6 is 11.3 Å². The van der Waals surface area contributed by atoms with Gasteiger partial charge in [-0.25, -0.2) is 0 Å². The molecular weight excluding hydrogens is 344 g/mol. The second kappa shape index (κ2) is 9.53. The quantitative estimate of drug-likeness (QED) is 0.722. The van der Waals surface area contributed by atoms with Crippen molar-refractivity contribution >= 4 is 23.2 Å². The van der Waals surface area contributed by atoms with E-state index in [1.807, 2.05) is 24.4 Å². The predicted molar refractivity (Wildman–Crippen MR) is 107 cm³/mol. The lowest BCUT2D eigenvalue weighted by molar-refractivity contribution is -0.123. The Kier molecular flexibility index (Phi) is 7.39. The van der Waals surface area contributed by atoms with E-state index in [4.69, 9.17) is 0 Å². The van der Waals surface area contributed by atoms with Gasteiger partial charge in [-0.3, -0.25) is 9.59 Å². The van der Waals surface area contributed by atoms with Gasteiger partial charge in [0.25, 0.3) is 0 Å². The van der Waals surface area contributed by atoms with Crippen LogP contribution < -0.4 is 10.6 Å². The van der Waals surface area contributed by atoms with E-state index in [1.54, 1.807) is 11.3 Å². The maximum atomic E-state index is 12.5. The first kappa shape index (κ1) is 20.2. The average Bonchev–Trinajstić information content (AvgIpc) is 3.08. The molecule has 2 amide bonds. The fourth-order valence-corrected chi connectivity index (χ4v) is 3.72. The Hall–Kier alpha value is -2.14. The maximum Gasteiger partial charge on any atom is 0.222 e. The summed E-state index contributed by atoms with van der Waals surface area (Å²) < 4.78 is 0. The van der Waals surface area contributed by atoms with Gasteiger partial charge in [-0.1, -0.05) is 44.2 Å². The highest BCUT2D eigenvalue weighted by atomic mass is 32.1. The van der Waals surface area contributed by atoms with Gasteiger partial charge in [-0.05, 0) is 41.8 Å². The van der Waals surface area contributed by atoms with E-state index < -0.39 is 0 Å². The molecular formula is C21H28N2O2S. The average molecular weight is 373 g/mol. The van der Waals surface area contributed by atoms with Crippen molar-refractivity contribution in [3.05, 3.63) is 57.8 Å². The summed E-state index contributed by atoms with van der Waals surface area (Å²) in [6, 6.07) is 11.9. The van der Waals surface area contributed by atoms with E-state index in [0.717, 1.165) is 16.9 Å². The topological polar surface area (TPSA) is 58.2 Å². The van der Waals surface area contributed by atoms with Crippen LogP contribution in [-0.2, 0) is 16.0 Å². The van der Waals surface area contributed by atoms with Crippen LogP contribution in [0.4, 0.5) is 0 Å². The van der Waals surface area contributed by atoms with Gasteiger partial charge < -0.3 is 10.6 Å². The molecule has 0 saturated carbocycles. The van der Waals surface area contributed by atoms with Gasteiger partial charge in [0.1, 0.15) is 0 Å². The first-order valence-corrected chi connectivity index (χ1v) is 9.91.